The molecule has 168 valence electrons. The number of hydrogen-bond donors (Lipinski definition) is 2. The predicted molar refractivity (Wildman–Crippen MR) is 116 cm³/mol. The summed E-state index contributed by atoms with van der Waals surface area (Å²) >= 11 is 0. The van der Waals surface area contributed by atoms with Gasteiger partial charge in [0.1, 0.15) is 0 Å². The van der Waals surface area contributed by atoms with Gasteiger partial charge in [-0.05, 0) is 38.1 Å². The Kier molecular flexibility index (Phi) is 5.85. The largest absolute Gasteiger partial charge is 0.491 e. The molecular formula is C22H23FN4O5. The first-order chi connectivity index (χ1) is 15.4. The second-order valence-electron chi connectivity index (χ2n) is 7.52. The van der Waals surface area contributed by atoms with Gasteiger partial charge in [-0.15, -0.1) is 0 Å². The van der Waals surface area contributed by atoms with Crippen LogP contribution in [-0.2, 0) is 9.59 Å². The van der Waals surface area contributed by atoms with Crippen molar-refractivity contribution in [1.29, 1.82) is 0 Å². The number of amides is 2. The first kappa shape index (κ1) is 21.4. The minimum Gasteiger partial charge on any atom is -0.491 e. The molecule has 9 nitrogen and oxygen atoms in total. The van der Waals surface area contributed by atoms with E-state index in [-0.39, 0.29) is 17.4 Å². The van der Waals surface area contributed by atoms with Gasteiger partial charge in [0.15, 0.2) is 17.1 Å². The Morgan fingerprint density at radius 1 is 1.25 bits per heavy atom. The lowest BCUT2D eigenvalue weighted by Crippen LogP contribution is -2.55. The first-order valence-electron chi connectivity index (χ1n) is 10.3. The van der Waals surface area contributed by atoms with Gasteiger partial charge in [-0.1, -0.05) is 0 Å². The third-order valence-electron chi connectivity index (χ3n) is 5.33. The minimum atomic E-state index is -0.782. The van der Waals surface area contributed by atoms with Crippen molar-refractivity contribution in [2.75, 3.05) is 36.5 Å². The zero-order valence-corrected chi connectivity index (χ0v) is 17.7. The van der Waals surface area contributed by atoms with E-state index in [1.54, 1.807) is 31.2 Å². The molecule has 0 radical (unpaired) electrons. The van der Waals surface area contributed by atoms with Crippen molar-refractivity contribution in [1.82, 2.24) is 9.88 Å². The Hall–Kier alpha value is -3.82. The van der Waals surface area contributed by atoms with Crippen LogP contribution in [0.2, 0.25) is 0 Å². The van der Waals surface area contributed by atoms with Gasteiger partial charge >= 0.3 is 17.6 Å². The maximum Gasteiger partial charge on any atom is 0.417 e. The number of rotatable bonds is 4. The van der Waals surface area contributed by atoms with Crippen molar-refractivity contribution in [2.45, 2.75) is 19.9 Å². The van der Waals surface area contributed by atoms with Crippen molar-refractivity contribution in [3.63, 3.8) is 0 Å². The van der Waals surface area contributed by atoms with Gasteiger partial charge in [-0.3, -0.25) is 14.6 Å². The number of ether oxygens (including phenoxy) is 1. The molecule has 2 heterocycles. The number of aromatic nitrogens is 1. The number of carbonyl (C=O) groups is 2. The Morgan fingerprint density at radius 3 is 2.78 bits per heavy atom. The van der Waals surface area contributed by atoms with Gasteiger partial charge in [-0.2, -0.15) is 0 Å². The maximum atomic E-state index is 14.2. The van der Waals surface area contributed by atoms with Crippen molar-refractivity contribution in [2.24, 2.45) is 0 Å². The number of benzene rings is 2. The van der Waals surface area contributed by atoms with Crippen LogP contribution in [-0.4, -0.2) is 54.0 Å². The molecule has 4 rings (SSSR count). The molecule has 2 amide bonds. The molecule has 1 aliphatic heterocycles. The molecule has 1 fully saturated rings. The average molecular weight is 442 g/mol. The zero-order chi connectivity index (χ0) is 22.8. The van der Waals surface area contributed by atoms with Crippen molar-refractivity contribution >= 4 is 34.3 Å². The lowest BCUT2D eigenvalue weighted by molar-refractivity contribution is -0.143. The molecule has 0 spiro atoms. The van der Waals surface area contributed by atoms with Crippen LogP contribution >= 0.6 is 0 Å². The number of hydrogen-bond acceptors (Lipinski definition) is 6. The van der Waals surface area contributed by atoms with E-state index in [0.717, 1.165) is 0 Å². The molecule has 1 aliphatic rings. The van der Waals surface area contributed by atoms with Crippen molar-refractivity contribution < 1.29 is 23.1 Å². The standard InChI is InChI=1S/C22H23FN4O5/c1-3-31-18-7-5-15(11-16(18)23)27-9-8-26(12-13(27)2)21(29)20(28)24-14-4-6-17-19(10-14)32-22(30)25-17/h4-7,10-11,13H,3,8-9,12H2,1-2H3,(H,24,28)(H,25,30)/t13-/m1/s1. The fourth-order valence-electron chi connectivity index (χ4n) is 3.82. The normalized spacial score (nSPS) is 16.3. The first-order valence-corrected chi connectivity index (χ1v) is 10.3. The van der Waals surface area contributed by atoms with Gasteiger partial charge in [0, 0.05) is 49.2 Å². The summed E-state index contributed by atoms with van der Waals surface area (Å²) in [6, 6.07) is 9.29. The predicted octanol–water partition coefficient (Wildman–Crippen LogP) is 2.33. The molecule has 3 aromatic rings. The van der Waals surface area contributed by atoms with Crippen LogP contribution in [0.4, 0.5) is 15.8 Å². The van der Waals surface area contributed by atoms with Gasteiger partial charge < -0.3 is 24.3 Å². The number of H-pyrrole nitrogens is 1. The molecule has 1 saturated heterocycles. The van der Waals surface area contributed by atoms with Crippen LogP contribution in [0, 0.1) is 5.82 Å². The van der Waals surface area contributed by atoms with Crippen molar-refractivity contribution in [3.05, 3.63) is 52.8 Å². The smallest absolute Gasteiger partial charge is 0.417 e. The molecule has 0 bridgehead atoms. The van der Waals surface area contributed by atoms with Gasteiger partial charge in [0.2, 0.25) is 0 Å². The van der Waals surface area contributed by atoms with E-state index in [2.05, 4.69) is 10.3 Å². The highest BCUT2D eigenvalue weighted by molar-refractivity contribution is 6.39. The Balaban J connectivity index is 1.39. The van der Waals surface area contributed by atoms with E-state index < -0.39 is 23.4 Å². The van der Waals surface area contributed by atoms with Crippen LogP contribution in [0.3, 0.4) is 0 Å². The molecule has 2 N–H and O–H groups in total. The molecule has 10 heteroatoms. The van der Waals surface area contributed by atoms with Crippen LogP contribution in [0.25, 0.3) is 11.1 Å². The number of aromatic amines is 1. The second kappa shape index (κ2) is 8.74. The molecular weight excluding hydrogens is 419 g/mol. The fourth-order valence-corrected chi connectivity index (χ4v) is 3.82. The van der Waals surface area contributed by atoms with E-state index in [1.807, 2.05) is 11.8 Å². The molecule has 1 aromatic heterocycles. The maximum absolute atomic E-state index is 14.2. The summed E-state index contributed by atoms with van der Waals surface area (Å²) in [5, 5.41) is 2.54. The third kappa shape index (κ3) is 4.29. The summed E-state index contributed by atoms with van der Waals surface area (Å²) in [6.07, 6.45) is 0. The highest BCUT2D eigenvalue weighted by Gasteiger charge is 2.30. The van der Waals surface area contributed by atoms with Crippen LogP contribution in [0.1, 0.15) is 13.8 Å². The molecule has 32 heavy (non-hydrogen) atoms. The Labute approximate surface area is 182 Å². The lowest BCUT2D eigenvalue weighted by atomic mass is 10.1. The highest BCUT2D eigenvalue weighted by Crippen LogP contribution is 2.27. The Morgan fingerprint density at radius 2 is 2.06 bits per heavy atom. The van der Waals surface area contributed by atoms with Gasteiger partial charge in [0.25, 0.3) is 0 Å². The van der Waals surface area contributed by atoms with E-state index in [4.69, 9.17) is 9.15 Å². The number of piperazine rings is 1. The van der Waals surface area contributed by atoms with E-state index in [9.17, 15) is 18.8 Å². The fraction of sp³-hybridized carbons (Fsp3) is 0.318. The molecule has 0 unspecified atom stereocenters. The SMILES string of the molecule is CCOc1ccc(N2CCN(C(=O)C(=O)Nc3ccc4[nH]c(=O)oc4c3)C[C@H]2C)cc1F. The van der Waals surface area contributed by atoms with Gasteiger partial charge in [0.05, 0.1) is 12.1 Å². The Bertz CT molecular complexity index is 1220. The van der Waals surface area contributed by atoms with E-state index >= 15 is 0 Å². The van der Waals surface area contributed by atoms with Crippen molar-refractivity contribution in [3.8, 4) is 5.75 Å². The van der Waals surface area contributed by atoms with E-state index in [0.29, 0.717) is 43.1 Å². The topological polar surface area (TPSA) is 108 Å². The quantitative estimate of drug-likeness (QED) is 0.601. The van der Waals surface area contributed by atoms with Gasteiger partial charge in [-0.25, -0.2) is 9.18 Å². The number of carbonyl (C=O) groups excluding carboxylic acids is 2. The minimum absolute atomic E-state index is 0.122. The number of oxazole rings is 1. The lowest BCUT2D eigenvalue weighted by Gasteiger charge is -2.41. The van der Waals surface area contributed by atoms with Crippen LogP contribution in [0.15, 0.2) is 45.6 Å². The second-order valence-corrected chi connectivity index (χ2v) is 7.52. The molecule has 1 atom stereocenters. The third-order valence-corrected chi connectivity index (χ3v) is 5.33. The molecule has 2 aromatic carbocycles. The number of nitrogens with zero attached hydrogens (tertiary/aromatic N) is 2. The monoisotopic (exact) mass is 442 g/mol. The summed E-state index contributed by atoms with van der Waals surface area (Å²) in [5.41, 5.74) is 1.81. The number of halogens is 1. The summed E-state index contributed by atoms with van der Waals surface area (Å²) in [7, 11) is 0. The van der Waals surface area contributed by atoms with Crippen LogP contribution < -0.4 is 20.7 Å². The van der Waals surface area contributed by atoms with Crippen LogP contribution in [0.5, 0.6) is 5.75 Å². The molecule has 0 aliphatic carbocycles. The van der Waals surface area contributed by atoms with E-state index in [1.165, 1.54) is 17.0 Å². The summed E-state index contributed by atoms with van der Waals surface area (Å²) < 4.78 is 24.4. The highest BCUT2D eigenvalue weighted by atomic mass is 19.1. The summed E-state index contributed by atoms with van der Waals surface area (Å²) in [6.45, 7) is 5.16. The summed E-state index contributed by atoms with van der Waals surface area (Å²) in [5.74, 6) is -2.28. The zero-order valence-electron chi connectivity index (χ0n) is 17.7. The average Bonchev–Trinajstić information content (AvgIpc) is 3.14. The number of nitrogens with one attached hydrogen (secondary N) is 2. The summed E-state index contributed by atoms with van der Waals surface area (Å²) in [4.78, 5) is 42.4. The number of anilines is 2. The number of fused-ring (bicyclic) bond motifs is 1. The molecule has 0 saturated carbocycles.